The predicted octanol–water partition coefficient (Wildman–Crippen LogP) is 1.81. The van der Waals surface area contributed by atoms with Crippen LogP contribution >= 0.6 is 0 Å². The Labute approximate surface area is 92.3 Å². The maximum atomic E-state index is 5.83. The smallest absolute Gasteiger partial charge is 0.0644 e. The van der Waals surface area contributed by atoms with Crippen LogP contribution < -0.4 is 5.73 Å². The summed E-state index contributed by atoms with van der Waals surface area (Å²) in [6.07, 6.45) is 2.98. The lowest BCUT2D eigenvalue weighted by molar-refractivity contribution is 0.209. The Kier molecular flexibility index (Phi) is 5.29. The van der Waals surface area contributed by atoms with Crippen LogP contribution in [0.2, 0.25) is 0 Å². The molecule has 0 spiro atoms. The molecule has 3 heteroatoms. The van der Waals surface area contributed by atoms with E-state index in [1.54, 1.807) is 0 Å². The van der Waals surface area contributed by atoms with Gasteiger partial charge < -0.3 is 5.73 Å². The lowest BCUT2D eigenvalue weighted by Crippen LogP contribution is -2.34. The Morgan fingerprint density at radius 1 is 1.40 bits per heavy atom. The van der Waals surface area contributed by atoms with Gasteiger partial charge in [0.2, 0.25) is 0 Å². The van der Waals surface area contributed by atoms with Gasteiger partial charge in [-0.2, -0.15) is 0 Å². The molecule has 0 bridgehead atoms. The van der Waals surface area contributed by atoms with Crippen LogP contribution in [0.1, 0.15) is 32.0 Å². The zero-order valence-electron chi connectivity index (χ0n) is 9.69. The third kappa shape index (κ3) is 3.29. The second kappa shape index (κ2) is 6.53. The summed E-state index contributed by atoms with van der Waals surface area (Å²) in [6, 6.07) is 6.27. The van der Waals surface area contributed by atoms with Crippen molar-refractivity contribution in [2.75, 3.05) is 19.6 Å². The van der Waals surface area contributed by atoms with Gasteiger partial charge in [-0.05, 0) is 31.6 Å². The number of hydrogen-bond acceptors (Lipinski definition) is 3. The molecule has 3 nitrogen and oxygen atoms in total. The molecule has 1 atom stereocenters. The highest BCUT2D eigenvalue weighted by atomic mass is 15.2. The summed E-state index contributed by atoms with van der Waals surface area (Å²) in [5, 5.41) is 0. The van der Waals surface area contributed by atoms with Crippen LogP contribution in [-0.4, -0.2) is 29.5 Å². The van der Waals surface area contributed by atoms with Gasteiger partial charge in [-0.1, -0.05) is 19.9 Å². The van der Waals surface area contributed by atoms with Crippen molar-refractivity contribution in [1.29, 1.82) is 0 Å². The van der Waals surface area contributed by atoms with Crippen molar-refractivity contribution in [2.24, 2.45) is 5.73 Å². The fourth-order valence-corrected chi connectivity index (χ4v) is 1.85. The first-order valence-electron chi connectivity index (χ1n) is 5.68. The highest BCUT2D eigenvalue weighted by molar-refractivity contribution is 5.09. The van der Waals surface area contributed by atoms with Crippen LogP contribution in [-0.2, 0) is 0 Å². The van der Waals surface area contributed by atoms with E-state index in [2.05, 4.69) is 29.8 Å². The molecule has 15 heavy (non-hydrogen) atoms. The third-order valence-corrected chi connectivity index (χ3v) is 2.61. The SMILES string of the molecule is CCCN(CC)C(CN)c1ccccn1. The Balaban J connectivity index is 2.77. The van der Waals surface area contributed by atoms with E-state index in [9.17, 15) is 0 Å². The average Bonchev–Trinajstić information content (AvgIpc) is 2.30. The highest BCUT2D eigenvalue weighted by Crippen LogP contribution is 2.16. The second-order valence-electron chi connectivity index (χ2n) is 3.63. The number of aromatic nitrogens is 1. The molecule has 0 fully saturated rings. The molecule has 0 saturated carbocycles. The number of hydrogen-bond donors (Lipinski definition) is 1. The van der Waals surface area contributed by atoms with Gasteiger partial charge in [0.25, 0.3) is 0 Å². The monoisotopic (exact) mass is 207 g/mol. The average molecular weight is 207 g/mol. The van der Waals surface area contributed by atoms with Crippen LogP contribution in [0.3, 0.4) is 0 Å². The molecule has 0 aromatic carbocycles. The molecule has 0 saturated heterocycles. The summed E-state index contributed by atoms with van der Waals surface area (Å²) in [5.74, 6) is 0. The van der Waals surface area contributed by atoms with Gasteiger partial charge >= 0.3 is 0 Å². The van der Waals surface area contributed by atoms with E-state index in [4.69, 9.17) is 5.73 Å². The van der Waals surface area contributed by atoms with E-state index in [0.29, 0.717) is 6.54 Å². The maximum absolute atomic E-state index is 5.83. The minimum absolute atomic E-state index is 0.260. The predicted molar refractivity (Wildman–Crippen MR) is 63.6 cm³/mol. The van der Waals surface area contributed by atoms with E-state index in [0.717, 1.165) is 25.2 Å². The molecule has 1 rings (SSSR count). The van der Waals surface area contributed by atoms with Crippen molar-refractivity contribution in [3.63, 3.8) is 0 Å². The second-order valence-corrected chi connectivity index (χ2v) is 3.63. The van der Waals surface area contributed by atoms with Crippen molar-refractivity contribution in [3.05, 3.63) is 30.1 Å². The lowest BCUT2D eigenvalue weighted by Gasteiger charge is -2.28. The Morgan fingerprint density at radius 3 is 2.67 bits per heavy atom. The van der Waals surface area contributed by atoms with Gasteiger partial charge in [0.1, 0.15) is 0 Å². The van der Waals surface area contributed by atoms with E-state index >= 15 is 0 Å². The molecule has 1 unspecified atom stereocenters. The molecule has 1 aromatic heterocycles. The number of likely N-dealkylation sites (N-methyl/N-ethyl adjacent to an activating group) is 1. The normalized spacial score (nSPS) is 13.1. The number of nitrogens with zero attached hydrogens (tertiary/aromatic N) is 2. The maximum Gasteiger partial charge on any atom is 0.0644 e. The first kappa shape index (κ1) is 12.1. The van der Waals surface area contributed by atoms with E-state index in [-0.39, 0.29) is 6.04 Å². The van der Waals surface area contributed by atoms with E-state index in [1.807, 2.05) is 18.3 Å². The van der Waals surface area contributed by atoms with Crippen molar-refractivity contribution in [3.8, 4) is 0 Å². The van der Waals surface area contributed by atoms with Gasteiger partial charge in [0, 0.05) is 12.7 Å². The first-order valence-corrected chi connectivity index (χ1v) is 5.68. The standard InChI is InChI=1S/C12H21N3/c1-3-9-15(4-2)12(10-13)11-7-5-6-8-14-11/h5-8,12H,3-4,9-10,13H2,1-2H3. The molecule has 0 aliphatic carbocycles. The van der Waals surface area contributed by atoms with Gasteiger partial charge in [-0.25, -0.2) is 0 Å². The number of nitrogens with two attached hydrogens (primary N) is 1. The van der Waals surface area contributed by atoms with Gasteiger partial charge in [0.15, 0.2) is 0 Å². The summed E-state index contributed by atoms with van der Waals surface area (Å²) >= 11 is 0. The molecule has 2 N–H and O–H groups in total. The van der Waals surface area contributed by atoms with Crippen LogP contribution in [0.4, 0.5) is 0 Å². The Bertz CT molecular complexity index is 261. The van der Waals surface area contributed by atoms with E-state index in [1.165, 1.54) is 0 Å². The summed E-state index contributed by atoms with van der Waals surface area (Å²) in [6.45, 7) is 7.09. The summed E-state index contributed by atoms with van der Waals surface area (Å²) in [4.78, 5) is 6.76. The molecule has 1 aromatic rings. The van der Waals surface area contributed by atoms with Crippen LogP contribution in [0.5, 0.6) is 0 Å². The Hall–Kier alpha value is -0.930. The quantitative estimate of drug-likeness (QED) is 0.773. The summed E-state index contributed by atoms with van der Waals surface area (Å²) < 4.78 is 0. The lowest BCUT2D eigenvalue weighted by atomic mass is 10.1. The summed E-state index contributed by atoms with van der Waals surface area (Å²) in [7, 11) is 0. The third-order valence-electron chi connectivity index (χ3n) is 2.61. The topological polar surface area (TPSA) is 42.1 Å². The number of rotatable bonds is 6. The minimum Gasteiger partial charge on any atom is -0.329 e. The molecule has 1 heterocycles. The molecule has 0 radical (unpaired) electrons. The number of pyridine rings is 1. The highest BCUT2D eigenvalue weighted by Gasteiger charge is 2.17. The molecule has 84 valence electrons. The molecule has 0 amide bonds. The van der Waals surface area contributed by atoms with Crippen LogP contribution in [0.25, 0.3) is 0 Å². The van der Waals surface area contributed by atoms with Crippen molar-refractivity contribution in [2.45, 2.75) is 26.3 Å². The minimum atomic E-state index is 0.260. The zero-order valence-corrected chi connectivity index (χ0v) is 9.69. The van der Waals surface area contributed by atoms with Crippen LogP contribution in [0, 0.1) is 0 Å². The van der Waals surface area contributed by atoms with Gasteiger partial charge in [-0.15, -0.1) is 0 Å². The Morgan fingerprint density at radius 2 is 2.20 bits per heavy atom. The van der Waals surface area contributed by atoms with Crippen LogP contribution in [0.15, 0.2) is 24.4 Å². The van der Waals surface area contributed by atoms with Gasteiger partial charge in [-0.3, -0.25) is 9.88 Å². The fourth-order valence-electron chi connectivity index (χ4n) is 1.85. The van der Waals surface area contributed by atoms with E-state index < -0.39 is 0 Å². The van der Waals surface area contributed by atoms with Crippen molar-refractivity contribution >= 4 is 0 Å². The zero-order chi connectivity index (χ0) is 11.1. The van der Waals surface area contributed by atoms with Gasteiger partial charge in [0.05, 0.1) is 11.7 Å². The molecular weight excluding hydrogens is 186 g/mol. The van der Waals surface area contributed by atoms with Crippen molar-refractivity contribution in [1.82, 2.24) is 9.88 Å². The molecular formula is C12H21N3. The fraction of sp³-hybridized carbons (Fsp3) is 0.583. The molecule has 0 aliphatic heterocycles. The largest absolute Gasteiger partial charge is 0.329 e. The summed E-state index contributed by atoms with van der Waals surface area (Å²) in [5.41, 5.74) is 6.91. The van der Waals surface area contributed by atoms with Crippen molar-refractivity contribution < 1.29 is 0 Å². The first-order chi connectivity index (χ1) is 7.33. The molecule has 0 aliphatic rings.